The zero-order valence-electron chi connectivity index (χ0n) is 8.86. The quantitative estimate of drug-likeness (QED) is 0.759. The fourth-order valence-electron chi connectivity index (χ4n) is 0.982. The van der Waals surface area contributed by atoms with Crippen LogP contribution in [0.1, 0.15) is 20.3 Å². The molecule has 0 atom stereocenters. The summed E-state index contributed by atoms with van der Waals surface area (Å²) in [7, 11) is 0. The fourth-order valence-corrected chi connectivity index (χ4v) is 2.19. The molecular formula is C11H18N2S. The third-order valence-corrected chi connectivity index (χ3v) is 3.26. The molecule has 0 unspecified atom stereocenters. The summed E-state index contributed by atoms with van der Waals surface area (Å²) in [5.41, 5.74) is 5.93. The lowest BCUT2D eigenvalue weighted by Crippen LogP contribution is -2.23. The van der Waals surface area contributed by atoms with Gasteiger partial charge < -0.3 is 5.73 Å². The second-order valence-electron chi connectivity index (χ2n) is 4.15. The van der Waals surface area contributed by atoms with Crippen molar-refractivity contribution in [2.75, 3.05) is 12.3 Å². The summed E-state index contributed by atoms with van der Waals surface area (Å²) in [5.74, 6) is 1.12. The predicted molar refractivity (Wildman–Crippen MR) is 62.4 cm³/mol. The summed E-state index contributed by atoms with van der Waals surface area (Å²) in [6.45, 7) is 5.17. The highest BCUT2D eigenvalue weighted by Crippen LogP contribution is 2.24. The van der Waals surface area contributed by atoms with Crippen LogP contribution >= 0.6 is 11.8 Å². The van der Waals surface area contributed by atoms with Gasteiger partial charge in [-0.3, -0.25) is 4.98 Å². The van der Waals surface area contributed by atoms with Crippen LogP contribution in [0.4, 0.5) is 0 Å². The lowest BCUT2D eigenvalue weighted by Gasteiger charge is -2.21. The van der Waals surface area contributed by atoms with Crippen LogP contribution in [0.2, 0.25) is 0 Å². The number of hydrogen-bond acceptors (Lipinski definition) is 3. The third kappa shape index (κ3) is 4.11. The highest BCUT2D eigenvalue weighted by Gasteiger charge is 2.14. The Hall–Kier alpha value is -0.540. The van der Waals surface area contributed by atoms with E-state index in [1.54, 1.807) is 0 Å². The molecule has 0 radical (unpaired) electrons. The smallest absolute Gasteiger partial charge is 0.0278 e. The van der Waals surface area contributed by atoms with Crippen molar-refractivity contribution in [1.82, 2.24) is 4.98 Å². The molecule has 0 aliphatic rings. The number of aromatic nitrogens is 1. The number of thioether (sulfide) groups is 1. The van der Waals surface area contributed by atoms with Crippen LogP contribution in [0, 0.1) is 5.41 Å². The van der Waals surface area contributed by atoms with E-state index >= 15 is 0 Å². The Labute approximate surface area is 90.3 Å². The monoisotopic (exact) mass is 210 g/mol. The molecule has 0 aliphatic carbocycles. The van der Waals surface area contributed by atoms with Crippen molar-refractivity contribution in [2.24, 2.45) is 11.1 Å². The normalized spacial score (nSPS) is 11.6. The average Bonchev–Trinajstić information content (AvgIpc) is 2.19. The lowest BCUT2D eigenvalue weighted by atomic mass is 9.91. The Bertz CT molecular complexity index is 259. The predicted octanol–water partition coefficient (Wildman–Crippen LogP) is 2.55. The van der Waals surface area contributed by atoms with Crippen LogP contribution < -0.4 is 5.73 Å². The molecule has 1 heterocycles. The van der Waals surface area contributed by atoms with Crippen molar-refractivity contribution in [1.29, 1.82) is 0 Å². The second-order valence-corrected chi connectivity index (χ2v) is 5.32. The average molecular weight is 210 g/mol. The van der Waals surface area contributed by atoms with Gasteiger partial charge >= 0.3 is 0 Å². The first-order chi connectivity index (χ1) is 6.64. The van der Waals surface area contributed by atoms with E-state index in [9.17, 15) is 0 Å². The van der Waals surface area contributed by atoms with Gasteiger partial charge in [0.15, 0.2) is 0 Å². The molecule has 0 bridgehead atoms. The van der Waals surface area contributed by atoms with Crippen LogP contribution in [0.5, 0.6) is 0 Å². The first-order valence-electron chi connectivity index (χ1n) is 4.87. The van der Waals surface area contributed by atoms with E-state index in [-0.39, 0.29) is 5.41 Å². The van der Waals surface area contributed by atoms with Gasteiger partial charge in [-0.05, 0) is 36.3 Å². The van der Waals surface area contributed by atoms with Gasteiger partial charge in [0.2, 0.25) is 0 Å². The first kappa shape index (κ1) is 11.5. The van der Waals surface area contributed by atoms with E-state index in [2.05, 4.69) is 18.8 Å². The van der Waals surface area contributed by atoms with Gasteiger partial charge in [-0.2, -0.15) is 0 Å². The van der Waals surface area contributed by atoms with E-state index in [0.29, 0.717) is 0 Å². The maximum absolute atomic E-state index is 5.67. The van der Waals surface area contributed by atoms with Gasteiger partial charge in [0.1, 0.15) is 0 Å². The van der Waals surface area contributed by atoms with E-state index in [1.165, 1.54) is 4.90 Å². The largest absolute Gasteiger partial charge is 0.330 e. The van der Waals surface area contributed by atoms with Crippen molar-refractivity contribution in [2.45, 2.75) is 25.2 Å². The van der Waals surface area contributed by atoms with E-state index in [1.807, 2.05) is 36.3 Å². The maximum Gasteiger partial charge on any atom is 0.0278 e. The number of hydrogen-bond donors (Lipinski definition) is 1. The number of pyridine rings is 1. The molecule has 0 saturated carbocycles. The lowest BCUT2D eigenvalue weighted by molar-refractivity contribution is 0.368. The van der Waals surface area contributed by atoms with Gasteiger partial charge in [-0.1, -0.05) is 13.8 Å². The Morgan fingerprint density at radius 3 is 2.57 bits per heavy atom. The summed E-state index contributed by atoms with van der Waals surface area (Å²) in [4.78, 5) is 5.27. The minimum Gasteiger partial charge on any atom is -0.330 e. The Kier molecular flexibility index (Phi) is 4.42. The summed E-state index contributed by atoms with van der Waals surface area (Å²) in [6.07, 6.45) is 4.81. The molecule has 0 aromatic carbocycles. The van der Waals surface area contributed by atoms with Gasteiger partial charge in [-0.15, -0.1) is 11.8 Å². The highest BCUT2D eigenvalue weighted by molar-refractivity contribution is 7.99. The molecule has 0 saturated heterocycles. The second kappa shape index (κ2) is 5.37. The Morgan fingerprint density at radius 2 is 2.00 bits per heavy atom. The van der Waals surface area contributed by atoms with E-state index in [4.69, 9.17) is 5.73 Å². The van der Waals surface area contributed by atoms with Crippen LogP contribution in [-0.4, -0.2) is 17.3 Å². The van der Waals surface area contributed by atoms with Crippen LogP contribution in [-0.2, 0) is 0 Å². The topological polar surface area (TPSA) is 38.9 Å². The molecule has 1 aromatic heterocycles. The standard InChI is InChI=1S/C11H18N2S/c1-11(2,9-12)5-8-14-10-3-6-13-7-4-10/h3-4,6-7H,5,8-9,12H2,1-2H3. The molecule has 2 nitrogen and oxygen atoms in total. The molecule has 0 spiro atoms. The molecule has 1 rings (SSSR count). The molecule has 78 valence electrons. The Morgan fingerprint density at radius 1 is 1.36 bits per heavy atom. The van der Waals surface area contributed by atoms with Gasteiger partial charge in [0.05, 0.1) is 0 Å². The van der Waals surface area contributed by atoms with Gasteiger partial charge in [-0.25, -0.2) is 0 Å². The van der Waals surface area contributed by atoms with Crippen LogP contribution in [0.15, 0.2) is 29.4 Å². The van der Waals surface area contributed by atoms with Crippen molar-refractivity contribution < 1.29 is 0 Å². The minimum absolute atomic E-state index is 0.264. The number of rotatable bonds is 5. The highest BCUT2D eigenvalue weighted by atomic mass is 32.2. The molecule has 1 aromatic rings. The van der Waals surface area contributed by atoms with E-state index < -0.39 is 0 Å². The van der Waals surface area contributed by atoms with Gasteiger partial charge in [0.25, 0.3) is 0 Å². The van der Waals surface area contributed by atoms with E-state index in [0.717, 1.165) is 18.7 Å². The Balaban J connectivity index is 2.29. The van der Waals surface area contributed by atoms with Crippen molar-refractivity contribution >= 4 is 11.8 Å². The van der Waals surface area contributed by atoms with Crippen molar-refractivity contribution in [3.63, 3.8) is 0 Å². The first-order valence-corrected chi connectivity index (χ1v) is 5.85. The van der Waals surface area contributed by atoms with Crippen molar-refractivity contribution in [3.8, 4) is 0 Å². The van der Waals surface area contributed by atoms with Gasteiger partial charge in [0, 0.05) is 17.3 Å². The molecule has 14 heavy (non-hydrogen) atoms. The maximum atomic E-state index is 5.67. The zero-order valence-corrected chi connectivity index (χ0v) is 9.68. The fraction of sp³-hybridized carbons (Fsp3) is 0.545. The van der Waals surface area contributed by atoms with Crippen LogP contribution in [0.3, 0.4) is 0 Å². The minimum atomic E-state index is 0.264. The molecule has 0 amide bonds. The van der Waals surface area contributed by atoms with Crippen molar-refractivity contribution in [3.05, 3.63) is 24.5 Å². The molecule has 0 aliphatic heterocycles. The van der Waals surface area contributed by atoms with Crippen LogP contribution in [0.25, 0.3) is 0 Å². The summed E-state index contributed by atoms with van der Waals surface area (Å²) in [6, 6.07) is 4.08. The molecule has 0 fully saturated rings. The molecular weight excluding hydrogens is 192 g/mol. The summed E-state index contributed by atoms with van der Waals surface area (Å²) >= 11 is 1.87. The SMILES string of the molecule is CC(C)(CN)CCSc1ccncc1. The third-order valence-electron chi connectivity index (χ3n) is 2.25. The molecule has 2 N–H and O–H groups in total. The summed E-state index contributed by atoms with van der Waals surface area (Å²) < 4.78 is 0. The molecule has 3 heteroatoms. The summed E-state index contributed by atoms with van der Waals surface area (Å²) in [5, 5.41) is 0. The number of nitrogens with two attached hydrogens (primary N) is 1. The number of nitrogens with zero attached hydrogens (tertiary/aromatic N) is 1. The zero-order chi connectivity index (χ0) is 10.4.